The van der Waals surface area contributed by atoms with Crippen LogP contribution in [0.1, 0.15) is 17.0 Å². The molecule has 1 aromatic carbocycles. The third-order valence-corrected chi connectivity index (χ3v) is 3.45. The number of methoxy groups -OCH3 is 1. The van der Waals surface area contributed by atoms with E-state index >= 15 is 0 Å². The van der Waals surface area contributed by atoms with Gasteiger partial charge in [-0.25, -0.2) is 0 Å². The van der Waals surface area contributed by atoms with Crippen molar-refractivity contribution in [3.8, 4) is 11.6 Å². The normalized spacial score (nSPS) is 19.3. The summed E-state index contributed by atoms with van der Waals surface area (Å²) >= 11 is 0. The molecule has 1 aliphatic heterocycles. The second kappa shape index (κ2) is 5.02. The number of nitrogens with two attached hydrogens (primary N) is 1. The molecule has 3 rings (SSSR count). The van der Waals surface area contributed by atoms with E-state index in [-0.39, 0.29) is 17.4 Å². The first-order valence-corrected chi connectivity index (χ1v) is 6.35. The van der Waals surface area contributed by atoms with Gasteiger partial charge in [0, 0.05) is 0 Å². The van der Waals surface area contributed by atoms with Crippen LogP contribution in [0.15, 0.2) is 29.1 Å². The largest absolute Gasteiger partial charge is 0.497 e. The molecular weight excluding hydrogens is 292 g/mol. The van der Waals surface area contributed by atoms with Gasteiger partial charge in [0.05, 0.1) is 17.6 Å². The molecule has 2 heterocycles. The van der Waals surface area contributed by atoms with Crippen molar-refractivity contribution in [2.75, 3.05) is 12.8 Å². The smallest absolute Gasteiger partial charge is 0.366 e. The van der Waals surface area contributed by atoms with Crippen molar-refractivity contribution in [3.63, 3.8) is 0 Å². The minimum atomic E-state index is -1.43. The maximum atomic E-state index is 12.1. The monoisotopic (exact) mass is 304 g/mol. The summed E-state index contributed by atoms with van der Waals surface area (Å²) in [5, 5.41) is 11.3. The minimum Gasteiger partial charge on any atom is -0.497 e. The molecule has 0 amide bonds. The Bertz CT molecular complexity index is 786. The number of anilines is 1. The van der Waals surface area contributed by atoms with Crippen LogP contribution >= 0.6 is 0 Å². The van der Waals surface area contributed by atoms with Crippen molar-refractivity contribution in [2.45, 2.75) is 12.1 Å². The molecule has 9 heteroatoms. The summed E-state index contributed by atoms with van der Waals surface area (Å²) in [6.07, 6.45) is -1.43. The molecule has 0 aliphatic carbocycles. The molecule has 2 atom stereocenters. The van der Waals surface area contributed by atoms with Gasteiger partial charge in [-0.15, -0.1) is 0 Å². The predicted octanol–water partition coefficient (Wildman–Crippen LogP) is 0.488. The summed E-state index contributed by atoms with van der Waals surface area (Å²) in [7, 11) is 1.51. The third kappa shape index (κ3) is 2.12. The van der Waals surface area contributed by atoms with Crippen LogP contribution in [-0.2, 0) is 0 Å². The number of rotatable bonds is 3. The zero-order valence-electron chi connectivity index (χ0n) is 11.5. The quantitative estimate of drug-likeness (QED) is 0.622. The average Bonchev–Trinajstić information content (AvgIpc) is 2.87. The summed E-state index contributed by atoms with van der Waals surface area (Å²) in [4.78, 5) is 28.9. The van der Waals surface area contributed by atoms with Gasteiger partial charge in [-0.1, -0.05) is 12.1 Å². The standard InChI is InChI=1S/C13H12N4O5/c1-21-7-4-2-6(3-5-7)8-9-10(18)15-13(14)16-11(9)22-12(8)17(19)20/h2-5,8,12H,1H3,(H3,14,15,16,18). The molecule has 0 saturated carbocycles. The first-order valence-electron chi connectivity index (χ1n) is 6.35. The van der Waals surface area contributed by atoms with Gasteiger partial charge in [0.15, 0.2) is 0 Å². The lowest BCUT2D eigenvalue weighted by Crippen LogP contribution is -2.30. The number of aromatic nitrogens is 2. The number of hydrogen-bond donors (Lipinski definition) is 2. The van der Waals surface area contributed by atoms with E-state index in [0.29, 0.717) is 11.3 Å². The van der Waals surface area contributed by atoms with Crippen molar-refractivity contribution in [2.24, 2.45) is 0 Å². The maximum absolute atomic E-state index is 12.1. The summed E-state index contributed by atoms with van der Waals surface area (Å²) in [6.45, 7) is 0. The Morgan fingerprint density at radius 1 is 1.41 bits per heavy atom. The van der Waals surface area contributed by atoms with E-state index in [2.05, 4.69) is 9.97 Å². The number of nitrogens with zero attached hydrogens (tertiary/aromatic N) is 2. The van der Waals surface area contributed by atoms with Gasteiger partial charge < -0.3 is 15.2 Å². The topological polar surface area (TPSA) is 133 Å². The predicted molar refractivity (Wildman–Crippen MR) is 75.5 cm³/mol. The molecular formula is C13H12N4O5. The number of aromatic amines is 1. The van der Waals surface area contributed by atoms with E-state index < -0.39 is 22.6 Å². The Morgan fingerprint density at radius 3 is 2.68 bits per heavy atom. The molecule has 3 N–H and O–H groups in total. The van der Waals surface area contributed by atoms with Gasteiger partial charge >= 0.3 is 6.23 Å². The van der Waals surface area contributed by atoms with Gasteiger partial charge in [-0.3, -0.25) is 19.9 Å². The molecule has 0 saturated heterocycles. The molecule has 1 aromatic heterocycles. The number of nitrogen functional groups attached to an aromatic ring is 1. The van der Waals surface area contributed by atoms with Crippen LogP contribution in [-0.4, -0.2) is 28.2 Å². The number of nitrogens with one attached hydrogen (secondary N) is 1. The molecule has 0 radical (unpaired) electrons. The second-order valence-corrected chi connectivity index (χ2v) is 4.71. The van der Waals surface area contributed by atoms with Crippen molar-refractivity contribution in [3.05, 3.63) is 55.9 Å². The van der Waals surface area contributed by atoms with E-state index in [1.54, 1.807) is 24.3 Å². The van der Waals surface area contributed by atoms with Gasteiger partial charge in [0.25, 0.3) is 5.56 Å². The Hall–Kier alpha value is -3.10. The van der Waals surface area contributed by atoms with Crippen LogP contribution in [0.2, 0.25) is 0 Å². The van der Waals surface area contributed by atoms with E-state index in [1.165, 1.54) is 7.11 Å². The number of ether oxygens (including phenoxy) is 2. The SMILES string of the molecule is COc1ccc(C2c3c(nc(N)[nH]c3=O)OC2[N+](=O)[O-])cc1. The van der Waals surface area contributed by atoms with Crippen molar-refractivity contribution >= 4 is 5.95 Å². The van der Waals surface area contributed by atoms with Crippen LogP contribution in [0.4, 0.5) is 5.95 Å². The second-order valence-electron chi connectivity index (χ2n) is 4.71. The summed E-state index contributed by atoms with van der Waals surface area (Å²) in [5.41, 5.74) is 5.55. The molecule has 0 spiro atoms. The average molecular weight is 304 g/mol. The lowest BCUT2D eigenvalue weighted by atomic mass is 9.93. The van der Waals surface area contributed by atoms with Crippen LogP contribution in [0.5, 0.6) is 11.6 Å². The highest BCUT2D eigenvalue weighted by molar-refractivity contribution is 5.44. The lowest BCUT2D eigenvalue weighted by Gasteiger charge is -2.12. The highest BCUT2D eigenvalue weighted by Gasteiger charge is 2.47. The first-order chi connectivity index (χ1) is 10.5. The number of benzene rings is 1. The van der Waals surface area contributed by atoms with Crippen molar-refractivity contribution in [1.29, 1.82) is 0 Å². The fraction of sp³-hybridized carbons (Fsp3) is 0.231. The van der Waals surface area contributed by atoms with E-state index in [0.717, 1.165) is 0 Å². The lowest BCUT2D eigenvalue weighted by molar-refractivity contribution is -0.562. The highest BCUT2D eigenvalue weighted by atomic mass is 16.7. The molecule has 0 fully saturated rings. The molecule has 114 valence electrons. The molecule has 2 unspecified atom stereocenters. The number of nitro groups is 1. The van der Waals surface area contributed by atoms with Crippen LogP contribution in [0.3, 0.4) is 0 Å². The van der Waals surface area contributed by atoms with E-state index in [9.17, 15) is 14.9 Å². The minimum absolute atomic E-state index is 0.0982. The Labute approximate surface area is 123 Å². The summed E-state index contributed by atoms with van der Waals surface area (Å²) in [5.74, 6) is -0.525. The van der Waals surface area contributed by atoms with Crippen LogP contribution in [0, 0.1) is 10.1 Å². The summed E-state index contributed by atoms with van der Waals surface area (Å²) in [6, 6.07) is 6.61. The first kappa shape index (κ1) is 13.9. The van der Waals surface area contributed by atoms with E-state index in [1.807, 2.05) is 0 Å². The molecule has 22 heavy (non-hydrogen) atoms. The van der Waals surface area contributed by atoms with Crippen LogP contribution < -0.4 is 20.8 Å². The van der Waals surface area contributed by atoms with Crippen molar-refractivity contribution < 1.29 is 14.4 Å². The zero-order valence-corrected chi connectivity index (χ0v) is 11.5. The van der Waals surface area contributed by atoms with Gasteiger partial charge in [-0.05, 0) is 17.7 Å². The Balaban J connectivity index is 2.14. The fourth-order valence-electron chi connectivity index (χ4n) is 2.47. The Morgan fingerprint density at radius 2 is 2.09 bits per heavy atom. The number of hydrogen-bond acceptors (Lipinski definition) is 7. The van der Waals surface area contributed by atoms with Crippen LogP contribution in [0.25, 0.3) is 0 Å². The van der Waals surface area contributed by atoms with Crippen molar-refractivity contribution in [1.82, 2.24) is 9.97 Å². The molecule has 9 nitrogen and oxygen atoms in total. The molecule has 0 bridgehead atoms. The fourth-order valence-corrected chi connectivity index (χ4v) is 2.47. The Kier molecular flexibility index (Phi) is 3.17. The maximum Gasteiger partial charge on any atom is 0.366 e. The summed E-state index contributed by atoms with van der Waals surface area (Å²) < 4.78 is 10.3. The number of fused-ring (bicyclic) bond motifs is 1. The highest BCUT2D eigenvalue weighted by Crippen LogP contribution is 2.39. The van der Waals surface area contributed by atoms with Gasteiger partial charge in [-0.2, -0.15) is 4.98 Å². The number of H-pyrrole nitrogens is 1. The van der Waals surface area contributed by atoms with Gasteiger partial charge in [0.2, 0.25) is 11.8 Å². The van der Waals surface area contributed by atoms with Gasteiger partial charge in [0.1, 0.15) is 11.7 Å². The molecule has 1 aliphatic rings. The third-order valence-electron chi connectivity index (χ3n) is 3.45. The molecule has 2 aromatic rings. The zero-order chi connectivity index (χ0) is 15.9. The van der Waals surface area contributed by atoms with E-state index in [4.69, 9.17) is 15.2 Å².